The second kappa shape index (κ2) is 8.33. The summed E-state index contributed by atoms with van der Waals surface area (Å²) in [4.78, 5) is 27.8. The Kier molecular flexibility index (Phi) is 5.34. The van der Waals surface area contributed by atoms with Crippen LogP contribution in [0.1, 0.15) is 28.8 Å². The number of carbonyl (C=O) groups excluding carboxylic acids is 1. The summed E-state index contributed by atoms with van der Waals surface area (Å²) in [5.74, 6) is -0.0271. The van der Waals surface area contributed by atoms with Crippen molar-refractivity contribution in [2.24, 2.45) is 0 Å². The van der Waals surface area contributed by atoms with E-state index in [1.54, 1.807) is 23.2 Å². The van der Waals surface area contributed by atoms with Gasteiger partial charge in [-0.05, 0) is 54.7 Å². The van der Waals surface area contributed by atoms with E-state index >= 15 is 0 Å². The fraction of sp³-hybridized carbons (Fsp3) is 0.269. The van der Waals surface area contributed by atoms with Crippen molar-refractivity contribution in [3.63, 3.8) is 0 Å². The van der Waals surface area contributed by atoms with Crippen molar-refractivity contribution in [3.05, 3.63) is 94.7 Å². The maximum Gasteiger partial charge on any atom is 0.277 e. The molecular formula is C26H26N4O3. The predicted octanol–water partition coefficient (Wildman–Crippen LogP) is 3.14. The van der Waals surface area contributed by atoms with Crippen molar-refractivity contribution in [2.45, 2.75) is 31.9 Å². The first-order chi connectivity index (χ1) is 16.0. The molecular weight excluding hydrogens is 416 g/mol. The van der Waals surface area contributed by atoms with Crippen LogP contribution in [-0.2, 0) is 6.54 Å². The number of benzene rings is 2. The van der Waals surface area contributed by atoms with Gasteiger partial charge >= 0.3 is 0 Å². The van der Waals surface area contributed by atoms with Gasteiger partial charge in [0.25, 0.3) is 11.5 Å². The fourth-order valence-electron chi connectivity index (χ4n) is 4.64. The maximum atomic E-state index is 13.3. The first-order valence-electron chi connectivity index (χ1n) is 11.1. The van der Waals surface area contributed by atoms with E-state index in [0.29, 0.717) is 37.0 Å². The van der Waals surface area contributed by atoms with Gasteiger partial charge in [0, 0.05) is 24.8 Å². The molecule has 3 heterocycles. The molecule has 4 aromatic rings. The van der Waals surface area contributed by atoms with Crippen LogP contribution < -0.4 is 5.56 Å². The van der Waals surface area contributed by atoms with Crippen LogP contribution in [0.25, 0.3) is 16.6 Å². The number of likely N-dealkylation sites (tertiary alicyclic amines) is 1. The summed E-state index contributed by atoms with van der Waals surface area (Å²) in [7, 11) is 0. The summed E-state index contributed by atoms with van der Waals surface area (Å²) in [6, 6.07) is 19.3. The summed E-state index contributed by atoms with van der Waals surface area (Å²) in [6.45, 7) is 3.00. The monoisotopic (exact) mass is 442 g/mol. The zero-order valence-corrected chi connectivity index (χ0v) is 18.5. The van der Waals surface area contributed by atoms with Gasteiger partial charge < -0.3 is 10.0 Å². The molecule has 1 aliphatic rings. The Morgan fingerprint density at radius 3 is 2.55 bits per heavy atom. The van der Waals surface area contributed by atoms with Crippen LogP contribution >= 0.6 is 0 Å². The van der Waals surface area contributed by atoms with Gasteiger partial charge in [0.05, 0.1) is 12.1 Å². The number of piperidine rings is 1. The maximum absolute atomic E-state index is 13.3. The molecule has 168 valence electrons. The highest BCUT2D eigenvalue weighted by atomic mass is 16.3. The predicted molar refractivity (Wildman–Crippen MR) is 126 cm³/mol. The fourth-order valence-corrected chi connectivity index (χ4v) is 4.64. The summed E-state index contributed by atoms with van der Waals surface area (Å²) in [5.41, 5.74) is 2.99. The van der Waals surface area contributed by atoms with Gasteiger partial charge in [-0.15, -0.1) is 0 Å². The lowest BCUT2D eigenvalue weighted by molar-refractivity contribution is -0.0300. The van der Waals surface area contributed by atoms with E-state index in [1.807, 2.05) is 55.5 Å². The minimum absolute atomic E-state index is 0.0271. The van der Waals surface area contributed by atoms with Gasteiger partial charge in [0.1, 0.15) is 11.8 Å². The molecule has 5 rings (SSSR count). The molecule has 7 heteroatoms. The third kappa shape index (κ3) is 3.96. The first-order valence-corrected chi connectivity index (χ1v) is 11.1. The van der Waals surface area contributed by atoms with Gasteiger partial charge in [0.2, 0.25) is 0 Å². The molecule has 1 amide bonds. The smallest absolute Gasteiger partial charge is 0.277 e. The Morgan fingerprint density at radius 2 is 1.79 bits per heavy atom. The van der Waals surface area contributed by atoms with E-state index < -0.39 is 5.60 Å². The topological polar surface area (TPSA) is 79.8 Å². The average Bonchev–Trinajstić information content (AvgIpc) is 3.31. The third-order valence-electron chi connectivity index (χ3n) is 6.62. The molecule has 1 fully saturated rings. The molecule has 0 spiro atoms. The van der Waals surface area contributed by atoms with E-state index in [0.717, 1.165) is 16.7 Å². The van der Waals surface area contributed by atoms with Gasteiger partial charge in [-0.1, -0.05) is 42.5 Å². The van der Waals surface area contributed by atoms with Crippen LogP contribution in [0.2, 0.25) is 0 Å². The minimum atomic E-state index is -1.06. The Morgan fingerprint density at radius 1 is 1.03 bits per heavy atom. The zero-order chi connectivity index (χ0) is 23.0. The van der Waals surface area contributed by atoms with Crippen molar-refractivity contribution in [2.75, 3.05) is 13.1 Å². The van der Waals surface area contributed by atoms with Crippen molar-refractivity contribution < 1.29 is 9.90 Å². The lowest BCUT2D eigenvalue weighted by atomic mass is 9.90. The van der Waals surface area contributed by atoms with Crippen LogP contribution in [0.5, 0.6) is 0 Å². The molecule has 0 saturated carbocycles. The van der Waals surface area contributed by atoms with Crippen molar-refractivity contribution in [1.82, 2.24) is 19.1 Å². The Bertz CT molecular complexity index is 1370. The van der Waals surface area contributed by atoms with Crippen LogP contribution in [-0.4, -0.2) is 48.8 Å². The first kappa shape index (κ1) is 21.2. The highest BCUT2D eigenvalue weighted by Crippen LogP contribution is 2.29. The second-order valence-electron chi connectivity index (χ2n) is 8.76. The van der Waals surface area contributed by atoms with E-state index in [9.17, 15) is 14.7 Å². The second-order valence-corrected chi connectivity index (χ2v) is 8.76. The molecule has 0 aliphatic carbocycles. The summed E-state index contributed by atoms with van der Waals surface area (Å²) in [5, 5.41) is 15.4. The molecule has 0 unspecified atom stereocenters. The number of fused-ring (bicyclic) bond motifs is 1. The number of hydrogen-bond acceptors (Lipinski definition) is 4. The lowest BCUT2D eigenvalue weighted by Gasteiger charge is -2.38. The Balaban J connectivity index is 1.31. The quantitative estimate of drug-likeness (QED) is 0.527. The number of hydrogen-bond donors (Lipinski definition) is 1. The minimum Gasteiger partial charge on any atom is -0.388 e. The average molecular weight is 443 g/mol. The van der Waals surface area contributed by atoms with Crippen LogP contribution in [0.3, 0.4) is 0 Å². The zero-order valence-electron chi connectivity index (χ0n) is 18.5. The lowest BCUT2D eigenvalue weighted by Crippen LogP contribution is -2.49. The number of aromatic nitrogens is 3. The molecule has 2 aromatic carbocycles. The highest BCUT2D eigenvalue weighted by Gasteiger charge is 2.35. The number of carbonyl (C=O) groups is 1. The largest absolute Gasteiger partial charge is 0.388 e. The van der Waals surface area contributed by atoms with E-state index in [-0.39, 0.29) is 18.0 Å². The third-order valence-corrected chi connectivity index (χ3v) is 6.62. The van der Waals surface area contributed by atoms with E-state index in [2.05, 4.69) is 5.10 Å². The van der Waals surface area contributed by atoms with Gasteiger partial charge in [-0.2, -0.15) is 5.10 Å². The molecule has 1 N–H and O–H groups in total. The van der Waals surface area contributed by atoms with Crippen LogP contribution in [0, 0.1) is 6.92 Å². The van der Waals surface area contributed by atoms with Gasteiger partial charge in [-0.25, -0.2) is 4.52 Å². The molecule has 1 saturated heterocycles. The van der Waals surface area contributed by atoms with E-state index in [4.69, 9.17) is 0 Å². The molecule has 7 nitrogen and oxygen atoms in total. The van der Waals surface area contributed by atoms with Crippen molar-refractivity contribution >= 4 is 11.4 Å². The Labute approximate surface area is 191 Å². The van der Waals surface area contributed by atoms with Crippen LogP contribution in [0.15, 0.2) is 78.0 Å². The number of nitrogens with zero attached hydrogens (tertiary/aromatic N) is 4. The molecule has 0 radical (unpaired) electrons. The Hall–Kier alpha value is -3.71. The highest BCUT2D eigenvalue weighted by molar-refractivity contribution is 5.97. The normalized spacial score (nSPS) is 15.6. The summed E-state index contributed by atoms with van der Waals surface area (Å²) >= 11 is 0. The van der Waals surface area contributed by atoms with Gasteiger partial charge in [0.15, 0.2) is 0 Å². The number of aliphatic hydroxyl groups is 1. The number of rotatable bonds is 4. The molecule has 1 aliphatic heterocycles. The SMILES string of the molecule is Cc1c(C(=O)N2CCC(O)(Cn3cnn4cccc4c3=O)CC2)cccc1-c1ccccc1. The standard InChI is InChI=1S/C26H26N4O3/c1-19-21(20-7-3-2-4-8-20)9-5-10-22(19)24(31)28-15-12-26(33,13-16-28)17-29-18-27-30-14-6-11-23(30)25(29)32/h2-11,14,18,33H,12-13,15-17H2,1H3. The molecule has 0 atom stereocenters. The van der Waals surface area contributed by atoms with Crippen molar-refractivity contribution in [1.29, 1.82) is 0 Å². The van der Waals surface area contributed by atoms with Crippen LogP contribution in [0.4, 0.5) is 0 Å². The summed E-state index contributed by atoms with van der Waals surface area (Å²) in [6.07, 6.45) is 3.97. The molecule has 33 heavy (non-hydrogen) atoms. The summed E-state index contributed by atoms with van der Waals surface area (Å²) < 4.78 is 2.98. The molecule has 2 aromatic heterocycles. The van der Waals surface area contributed by atoms with Crippen molar-refractivity contribution in [3.8, 4) is 11.1 Å². The van der Waals surface area contributed by atoms with E-state index in [1.165, 1.54) is 15.4 Å². The number of amides is 1. The molecule has 0 bridgehead atoms. The van der Waals surface area contributed by atoms with Gasteiger partial charge in [-0.3, -0.25) is 14.2 Å².